The molecule has 600 valence electrons. The maximum atomic E-state index is 6.50. The van der Waals surface area contributed by atoms with E-state index in [9.17, 15) is 0 Å². The normalized spacial score (nSPS) is 11.7. The van der Waals surface area contributed by atoms with E-state index >= 15 is 0 Å². The zero-order valence-electron chi connectivity index (χ0n) is 69.1. The van der Waals surface area contributed by atoms with Crippen molar-refractivity contribution in [3.63, 3.8) is 0 Å². The van der Waals surface area contributed by atoms with Gasteiger partial charge in [0.25, 0.3) is 0 Å². The number of hydrogen-bond acceptors (Lipinski definition) is 12. The van der Waals surface area contributed by atoms with Crippen LogP contribution in [0.1, 0.15) is 0 Å². The molecule has 27 aromatic rings. The van der Waals surface area contributed by atoms with Gasteiger partial charge in [-0.3, -0.25) is 0 Å². The number of rotatable bonds is 9. The number of aromatic nitrogens is 9. The Hall–Kier alpha value is -16.8. The van der Waals surface area contributed by atoms with Crippen LogP contribution >= 0.6 is 22.7 Å². The van der Waals surface area contributed by atoms with Crippen LogP contribution in [0.15, 0.2) is 423 Å². The lowest BCUT2D eigenvalue weighted by Gasteiger charge is -2.12. The Morgan fingerprint density at radius 1 is 0.155 bits per heavy atom. The van der Waals surface area contributed by atoms with Crippen molar-refractivity contribution in [1.29, 1.82) is 0 Å². The van der Waals surface area contributed by atoms with E-state index in [0.717, 1.165) is 88.2 Å². The van der Waals surface area contributed by atoms with Gasteiger partial charge in [0.15, 0.2) is 52.4 Å². The van der Waals surface area contributed by atoms with Crippen LogP contribution in [0.5, 0.6) is 0 Å². The highest BCUT2D eigenvalue weighted by Crippen LogP contribution is 2.48. The van der Waals surface area contributed by atoms with Crippen molar-refractivity contribution in [2.24, 2.45) is 0 Å². The van der Waals surface area contributed by atoms with Crippen molar-refractivity contribution in [2.45, 2.75) is 0 Å². The standard InChI is InChI=1S/C39H23N3O.2C39H23N3S/c1-3-11-24(12-4-1)37-40-38(25-13-5-2-6-14-25)42-39(41-37)27-20-21-28-26(23-27)19-22-32-34(28)29-15-7-8-16-30(29)35-31-17-9-10-18-33(31)43-36(32)35;1-3-9-25(10-4-1)37-40-38(26-11-5-2-6-12-26)42-39(41-37)28-18-19-29-27(23-28)16-15-24-17-20-31-30(35(24)29)21-22-34-36(31)32-13-7-8-14-33(32)43-34;1-3-9-25(10-4-1)37-40-38(26-11-5-2-6-12-26)42-39(41-37)28-18-19-29-27(23-28)16-15-24-17-20-33-31(35(24)29)21-22-32-30-13-7-8-14-34(30)43-36(32)33/h3*1-23H. The van der Waals surface area contributed by atoms with E-state index in [1.54, 1.807) is 0 Å². The van der Waals surface area contributed by atoms with Gasteiger partial charge in [-0.05, 0) is 129 Å². The molecule has 0 unspecified atom stereocenters. The average Bonchev–Trinajstić information content (AvgIpc) is 1.62. The second kappa shape index (κ2) is 31.2. The molecule has 0 amide bonds. The van der Waals surface area contributed by atoms with E-state index in [-0.39, 0.29) is 0 Å². The molecule has 0 aliphatic carbocycles. The molecule has 0 spiro atoms. The SMILES string of the molecule is c1ccc(-c2nc(-c3ccccc3)nc(-c3ccc4c(ccc5c6oc7ccccc7c6c6ccccc6c45)c3)n2)cc1.c1ccc(-c2nc(-c3ccccc3)nc(-c3ccc4c(ccc5ccc6c(ccc7c8ccccc8sc76)c54)c3)n2)cc1.c1ccc(-c2nc(-c3ccccc3)nc(-c3ccc4c(ccc5ccc6c(ccc7sc8ccccc8c76)c54)c3)n2)cc1. The van der Waals surface area contributed by atoms with Crippen molar-refractivity contribution in [2.75, 3.05) is 0 Å². The number of thiophene rings is 2. The average molecular weight is 1680 g/mol. The van der Waals surface area contributed by atoms with Crippen LogP contribution < -0.4 is 0 Å². The third kappa shape index (κ3) is 13.2. The zero-order valence-corrected chi connectivity index (χ0v) is 70.7. The third-order valence-corrected chi connectivity index (χ3v) is 27.2. The Labute approximate surface area is 746 Å². The highest BCUT2D eigenvalue weighted by atomic mass is 32.1. The van der Waals surface area contributed by atoms with Crippen molar-refractivity contribution >= 4 is 182 Å². The number of para-hydroxylation sites is 1. The van der Waals surface area contributed by atoms with Crippen LogP contribution in [-0.4, -0.2) is 44.9 Å². The van der Waals surface area contributed by atoms with Crippen LogP contribution in [0.25, 0.3) is 262 Å². The maximum absolute atomic E-state index is 6.50. The van der Waals surface area contributed by atoms with Crippen LogP contribution in [0.4, 0.5) is 0 Å². The summed E-state index contributed by atoms with van der Waals surface area (Å²) in [6, 6.07) is 146. The molecule has 12 heteroatoms. The maximum Gasteiger partial charge on any atom is 0.164 e. The Balaban J connectivity index is 0.000000105. The summed E-state index contributed by atoms with van der Waals surface area (Å²) in [4.78, 5) is 44.3. The predicted octanol–water partition coefficient (Wildman–Crippen LogP) is 31.6. The van der Waals surface area contributed by atoms with Crippen LogP contribution in [0.3, 0.4) is 0 Å². The van der Waals surface area contributed by atoms with Crippen molar-refractivity contribution in [1.82, 2.24) is 44.9 Å². The minimum Gasteiger partial charge on any atom is -0.455 e. The van der Waals surface area contributed by atoms with Gasteiger partial charge in [0.1, 0.15) is 11.2 Å². The molecule has 129 heavy (non-hydrogen) atoms. The number of nitrogens with zero attached hydrogens (tertiary/aromatic N) is 9. The molecule has 0 atom stereocenters. The summed E-state index contributed by atoms with van der Waals surface area (Å²) >= 11 is 3.75. The first-order valence-corrected chi connectivity index (χ1v) is 44.7. The summed E-state index contributed by atoms with van der Waals surface area (Å²) < 4.78 is 11.8. The highest BCUT2D eigenvalue weighted by molar-refractivity contribution is 7.27. The molecule has 0 N–H and O–H groups in total. The first-order chi connectivity index (χ1) is 63.9. The van der Waals surface area contributed by atoms with E-state index in [4.69, 9.17) is 49.3 Å². The van der Waals surface area contributed by atoms with Gasteiger partial charge < -0.3 is 4.42 Å². The molecular formula is C117H69N9OS2. The van der Waals surface area contributed by atoms with E-state index in [0.29, 0.717) is 52.4 Å². The largest absolute Gasteiger partial charge is 0.455 e. The van der Waals surface area contributed by atoms with E-state index in [1.807, 2.05) is 217 Å². The summed E-state index contributed by atoms with van der Waals surface area (Å²) in [6.07, 6.45) is 0. The van der Waals surface area contributed by atoms with Crippen LogP contribution in [-0.2, 0) is 0 Å². The van der Waals surface area contributed by atoms with Crippen LogP contribution in [0, 0.1) is 0 Å². The quantitative estimate of drug-likeness (QED) is 0.129. The Morgan fingerprint density at radius 3 is 0.891 bits per heavy atom. The molecule has 10 nitrogen and oxygen atoms in total. The first-order valence-electron chi connectivity index (χ1n) is 43.1. The minimum absolute atomic E-state index is 0.646. The van der Waals surface area contributed by atoms with Crippen LogP contribution in [0.2, 0.25) is 0 Å². The predicted molar refractivity (Wildman–Crippen MR) is 539 cm³/mol. The monoisotopic (exact) mass is 1680 g/mol. The van der Waals surface area contributed by atoms with Gasteiger partial charge in [0, 0.05) is 117 Å². The minimum atomic E-state index is 0.646. The molecule has 27 rings (SSSR count). The summed E-state index contributed by atoms with van der Waals surface area (Å²) in [5.74, 6) is 5.96. The smallest absolute Gasteiger partial charge is 0.164 e. The lowest BCUT2D eigenvalue weighted by Crippen LogP contribution is -2.00. The van der Waals surface area contributed by atoms with Gasteiger partial charge in [-0.15, -0.1) is 22.7 Å². The molecule has 0 fully saturated rings. The van der Waals surface area contributed by atoms with Crippen molar-refractivity contribution < 1.29 is 4.42 Å². The zero-order chi connectivity index (χ0) is 85.0. The topological polar surface area (TPSA) is 129 Å². The number of benzene rings is 21. The fourth-order valence-corrected chi connectivity index (χ4v) is 21.2. The Bertz CT molecular complexity index is 9010. The second-order valence-electron chi connectivity index (χ2n) is 32.5. The Kier molecular flexibility index (Phi) is 18.1. The van der Waals surface area contributed by atoms with E-state index in [2.05, 4.69) is 224 Å². The fourth-order valence-electron chi connectivity index (χ4n) is 18.8. The molecule has 0 saturated carbocycles. The van der Waals surface area contributed by atoms with Crippen molar-refractivity contribution in [3.05, 3.63) is 419 Å². The molecule has 0 aliphatic heterocycles. The summed E-state index contributed by atoms with van der Waals surface area (Å²) in [6.45, 7) is 0. The molecule has 0 radical (unpaired) electrons. The number of fused-ring (bicyclic) bond motifs is 28. The van der Waals surface area contributed by atoms with E-state index in [1.165, 1.54) is 121 Å². The van der Waals surface area contributed by atoms with Gasteiger partial charge in [-0.25, -0.2) is 44.9 Å². The van der Waals surface area contributed by atoms with Gasteiger partial charge in [0.05, 0.1) is 0 Å². The highest BCUT2D eigenvalue weighted by Gasteiger charge is 2.23. The molecule has 0 aliphatic rings. The number of furan rings is 1. The summed E-state index contributed by atoms with van der Waals surface area (Å²) in [7, 11) is 0. The Morgan fingerprint density at radius 2 is 0.434 bits per heavy atom. The molecule has 0 saturated heterocycles. The van der Waals surface area contributed by atoms with E-state index < -0.39 is 0 Å². The van der Waals surface area contributed by atoms with Gasteiger partial charge in [0.2, 0.25) is 0 Å². The fraction of sp³-hybridized carbons (Fsp3) is 0. The second-order valence-corrected chi connectivity index (χ2v) is 34.6. The lowest BCUT2D eigenvalue weighted by molar-refractivity contribution is 0.673. The van der Waals surface area contributed by atoms with Gasteiger partial charge in [-0.2, -0.15) is 0 Å². The van der Waals surface area contributed by atoms with Crippen molar-refractivity contribution in [3.8, 4) is 102 Å². The first kappa shape index (κ1) is 74.8. The lowest BCUT2D eigenvalue weighted by atomic mass is 9.92. The summed E-state index contributed by atoms with van der Waals surface area (Å²) in [5, 5.41) is 29.7. The van der Waals surface area contributed by atoms with Gasteiger partial charge in [-0.1, -0.05) is 370 Å². The molecular weight excluding hydrogens is 1610 g/mol. The van der Waals surface area contributed by atoms with Gasteiger partial charge >= 0.3 is 0 Å². The number of hydrogen-bond donors (Lipinski definition) is 0. The molecule has 6 aromatic heterocycles. The molecule has 21 aromatic carbocycles. The third-order valence-electron chi connectivity index (χ3n) is 24.9. The summed E-state index contributed by atoms with van der Waals surface area (Å²) in [5.41, 5.74) is 10.5. The molecule has 0 bridgehead atoms. The molecule has 6 heterocycles.